The van der Waals surface area contributed by atoms with Gasteiger partial charge in [0.1, 0.15) is 12.1 Å². The Morgan fingerprint density at radius 1 is 1.16 bits per heavy atom. The molecule has 0 bridgehead atoms. The molecule has 7 heteroatoms. The summed E-state index contributed by atoms with van der Waals surface area (Å²) in [5, 5.41) is 3.79. The summed E-state index contributed by atoms with van der Waals surface area (Å²) < 4.78 is 3.53. The first-order valence-electron chi connectivity index (χ1n) is 10.8. The number of benzene rings is 1. The number of carbonyl (C=O) groups excluding carboxylic acids is 1. The maximum absolute atomic E-state index is 13.3. The van der Waals surface area contributed by atoms with E-state index in [1.807, 2.05) is 44.4 Å². The fourth-order valence-corrected chi connectivity index (χ4v) is 4.36. The summed E-state index contributed by atoms with van der Waals surface area (Å²) >= 11 is 1.47. The normalized spacial score (nSPS) is 12.5. The summed E-state index contributed by atoms with van der Waals surface area (Å²) in [6.07, 6.45) is 3.70. The van der Waals surface area contributed by atoms with E-state index in [4.69, 9.17) is 4.98 Å². The lowest BCUT2D eigenvalue weighted by Crippen LogP contribution is -2.36. The third kappa shape index (κ3) is 5.58. The van der Waals surface area contributed by atoms with Crippen LogP contribution in [0.2, 0.25) is 0 Å². The number of rotatable bonds is 9. The van der Waals surface area contributed by atoms with E-state index in [2.05, 4.69) is 31.3 Å². The average molecular weight is 441 g/mol. The van der Waals surface area contributed by atoms with Gasteiger partial charge < -0.3 is 9.88 Å². The molecule has 1 atom stereocenters. The number of aromatic nitrogens is 3. The Kier molecular flexibility index (Phi) is 7.59. The smallest absolute Gasteiger partial charge is 0.278 e. The molecule has 0 saturated heterocycles. The second-order valence-corrected chi connectivity index (χ2v) is 9.28. The van der Waals surface area contributed by atoms with Crippen LogP contribution < -0.4 is 10.9 Å². The predicted octanol–water partition coefficient (Wildman–Crippen LogP) is 4.02. The molecular weight excluding hydrogens is 408 g/mol. The number of nitrogens with zero attached hydrogens (tertiary/aromatic N) is 3. The van der Waals surface area contributed by atoms with Gasteiger partial charge in [-0.15, -0.1) is 0 Å². The number of carbonyl (C=O) groups is 1. The van der Waals surface area contributed by atoms with Gasteiger partial charge in [-0.2, -0.15) is 0 Å². The molecule has 0 aliphatic rings. The summed E-state index contributed by atoms with van der Waals surface area (Å²) in [6, 6.07) is 12.2. The maximum Gasteiger partial charge on any atom is 0.278 e. The number of thioether (sulfide) groups is 1. The minimum atomic E-state index is -0.0927. The first kappa shape index (κ1) is 23.1. The maximum atomic E-state index is 13.3. The number of amides is 1. The van der Waals surface area contributed by atoms with Crippen molar-refractivity contribution >= 4 is 28.7 Å². The van der Waals surface area contributed by atoms with E-state index < -0.39 is 0 Å². The minimum absolute atomic E-state index is 0.0497. The summed E-state index contributed by atoms with van der Waals surface area (Å²) in [4.78, 5) is 30.8. The first-order valence-corrected chi connectivity index (χ1v) is 12.0. The van der Waals surface area contributed by atoms with Crippen LogP contribution in [0.15, 0.2) is 46.3 Å². The highest BCUT2D eigenvalue weighted by Gasteiger charge is 2.19. The summed E-state index contributed by atoms with van der Waals surface area (Å²) in [5.74, 6) is 0.228. The van der Waals surface area contributed by atoms with E-state index in [0.717, 1.165) is 18.5 Å². The lowest BCUT2D eigenvalue weighted by atomic mass is 10.1. The largest absolute Gasteiger partial charge is 0.352 e. The van der Waals surface area contributed by atoms with Gasteiger partial charge in [-0.05, 0) is 50.5 Å². The van der Waals surface area contributed by atoms with Crippen LogP contribution in [0.3, 0.4) is 0 Å². The monoisotopic (exact) mass is 440 g/mol. The van der Waals surface area contributed by atoms with Crippen molar-refractivity contribution < 1.29 is 4.79 Å². The van der Waals surface area contributed by atoms with Crippen molar-refractivity contribution in [2.45, 2.75) is 64.8 Å². The molecule has 0 aliphatic carbocycles. The second-order valence-electron chi connectivity index (χ2n) is 8.51. The molecule has 2 heterocycles. The molecule has 0 radical (unpaired) electrons. The van der Waals surface area contributed by atoms with Gasteiger partial charge in [0.15, 0.2) is 5.16 Å². The number of hydrogen-bond acceptors (Lipinski definition) is 4. The van der Waals surface area contributed by atoms with Gasteiger partial charge in [0.25, 0.3) is 5.56 Å². The Labute approximate surface area is 188 Å². The number of hydrogen-bond donors (Lipinski definition) is 1. The average Bonchev–Trinajstić information content (AvgIpc) is 3.04. The van der Waals surface area contributed by atoms with Crippen molar-refractivity contribution in [2.75, 3.05) is 6.26 Å². The van der Waals surface area contributed by atoms with Gasteiger partial charge in [0.05, 0.1) is 5.52 Å². The van der Waals surface area contributed by atoms with Crippen LogP contribution >= 0.6 is 11.8 Å². The molecule has 3 rings (SSSR count). The fraction of sp³-hybridized carbons (Fsp3) is 0.458. The van der Waals surface area contributed by atoms with Crippen molar-refractivity contribution in [1.29, 1.82) is 0 Å². The van der Waals surface area contributed by atoms with E-state index >= 15 is 0 Å². The van der Waals surface area contributed by atoms with Crippen LogP contribution in [0.5, 0.6) is 0 Å². The Bertz CT molecular complexity index is 1100. The molecule has 1 unspecified atom stereocenters. The zero-order chi connectivity index (χ0) is 22.5. The number of nitrogens with one attached hydrogen (secondary N) is 1. The van der Waals surface area contributed by atoms with Crippen LogP contribution in [0, 0.1) is 12.8 Å². The molecule has 0 spiro atoms. The van der Waals surface area contributed by atoms with Gasteiger partial charge in [-0.1, -0.05) is 55.9 Å². The number of fused-ring (bicyclic) bond motifs is 1. The highest BCUT2D eigenvalue weighted by Crippen LogP contribution is 2.20. The summed E-state index contributed by atoms with van der Waals surface area (Å²) in [5.41, 5.74) is 3.19. The van der Waals surface area contributed by atoms with Crippen molar-refractivity contribution in [3.05, 3.63) is 58.0 Å². The molecule has 1 N–H and O–H groups in total. The molecule has 2 aromatic heterocycles. The highest BCUT2D eigenvalue weighted by molar-refractivity contribution is 7.98. The Morgan fingerprint density at radius 2 is 1.87 bits per heavy atom. The van der Waals surface area contributed by atoms with Crippen LogP contribution in [-0.2, 0) is 24.3 Å². The lowest BCUT2D eigenvalue weighted by Gasteiger charge is -2.16. The fourth-order valence-electron chi connectivity index (χ4n) is 3.80. The van der Waals surface area contributed by atoms with Gasteiger partial charge in [-0.3, -0.25) is 14.2 Å². The Morgan fingerprint density at radius 3 is 2.52 bits per heavy atom. The SMILES string of the molecule is CSc1nc2cc(C)n(CC(=O)NC(C)CCc3ccccc3)c2c(=O)n1CC(C)C. The quantitative estimate of drug-likeness (QED) is 0.403. The van der Waals surface area contributed by atoms with Crippen LogP contribution in [0.1, 0.15) is 38.4 Å². The van der Waals surface area contributed by atoms with Crippen molar-refractivity contribution in [3.63, 3.8) is 0 Å². The van der Waals surface area contributed by atoms with E-state index in [1.54, 1.807) is 9.13 Å². The van der Waals surface area contributed by atoms with Crippen molar-refractivity contribution in [2.24, 2.45) is 5.92 Å². The molecule has 31 heavy (non-hydrogen) atoms. The van der Waals surface area contributed by atoms with Gasteiger partial charge in [0, 0.05) is 18.3 Å². The topological polar surface area (TPSA) is 68.9 Å². The second kappa shape index (κ2) is 10.2. The summed E-state index contributed by atoms with van der Waals surface area (Å²) in [6.45, 7) is 8.81. The minimum Gasteiger partial charge on any atom is -0.352 e. The first-order chi connectivity index (χ1) is 14.8. The third-order valence-electron chi connectivity index (χ3n) is 5.33. The molecule has 1 amide bonds. The molecule has 3 aromatic rings. The van der Waals surface area contributed by atoms with Gasteiger partial charge >= 0.3 is 0 Å². The number of aryl methyl sites for hydroxylation is 2. The molecule has 166 valence electrons. The predicted molar refractivity (Wildman–Crippen MR) is 128 cm³/mol. The lowest BCUT2D eigenvalue weighted by molar-refractivity contribution is -0.122. The van der Waals surface area contributed by atoms with Gasteiger partial charge in [-0.25, -0.2) is 4.98 Å². The Hall–Kier alpha value is -2.54. The van der Waals surface area contributed by atoms with E-state index in [9.17, 15) is 9.59 Å². The van der Waals surface area contributed by atoms with Crippen molar-refractivity contribution in [3.8, 4) is 0 Å². The highest BCUT2D eigenvalue weighted by atomic mass is 32.2. The standard InChI is InChI=1S/C24H32N4O2S/c1-16(2)14-28-23(30)22-20(26-24(28)31-5)13-18(4)27(22)15-21(29)25-17(3)11-12-19-9-7-6-8-10-19/h6-10,13,16-17H,11-12,14-15H2,1-5H3,(H,25,29). The third-order valence-corrected chi connectivity index (χ3v) is 6.00. The van der Waals surface area contributed by atoms with Crippen LogP contribution in [-0.4, -0.2) is 32.3 Å². The van der Waals surface area contributed by atoms with Crippen LogP contribution in [0.4, 0.5) is 0 Å². The van der Waals surface area contributed by atoms with E-state index in [1.165, 1.54) is 17.3 Å². The zero-order valence-corrected chi connectivity index (χ0v) is 19.8. The van der Waals surface area contributed by atoms with E-state index in [-0.39, 0.29) is 24.1 Å². The molecule has 0 fully saturated rings. The summed E-state index contributed by atoms with van der Waals surface area (Å²) in [7, 11) is 0. The van der Waals surface area contributed by atoms with E-state index in [0.29, 0.717) is 28.7 Å². The van der Waals surface area contributed by atoms with Gasteiger partial charge in [0.2, 0.25) is 5.91 Å². The molecule has 6 nitrogen and oxygen atoms in total. The van der Waals surface area contributed by atoms with Crippen LogP contribution in [0.25, 0.3) is 11.0 Å². The molecule has 0 aliphatic heterocycles. The molecule has 0 saturated carbocycles. The molecule has 1 aromatic carbocycles. The Balaban J connectivity index is 1.78. The van der Waals surface area contributed by atoms with Crippen molar-refractivity contribution in [1.82, 2.24) is 19.4 Å². The zero-order valence-electron chi connectivity index (χ0n) is 19.0. The molecular formula is C24H32N4O2S.